The molecule has 19 heavy (non-hydrogen) atoms. The highest BCUT2D eigenvalue weighted by molar-refractivity contribution is 5.86. The largest absolute Gasteiger partial charge is 0.476 e. The van der Waals surface area contributed by atoms with Gasteiger partial charge in [-0.1, -0.05) is 18.6 Å². The van der Waals surface area contributed by atoms with Gasteiger partial charge in [-0.2, -0.15) is 5.10 Å². The van der Waals surface area contributed by atoms with E-state index < -0.39 is 5.97 Å². The molecule has 0 saturated heterocycles. The smallest absolute Gasteiger partial charge is 0.358 e. The van der Waals surface area contributed by atoms with E-state index in [0.29, 0.717) is 25.2 Å². The lowest BCUT2D eigenvalue weighted by Crippen LogP contribution is -2.13. The first kappa shape index (κ1) is 13.2. The molecule has 2 aromatic heterocycles. The first-order valence-electron chi connectivity index (χ1n) is 6.19. The van der Waals surface area contributed by atoms with E-state index in [9.17, 15) is 4.79 Å². The SMILES string of the molecule is CCCc1c(C(=O)O)nnn1Cc1ncnn1CC. The Morgan fingerprint density at radius 2 is 2.16 bits per heavy atom. The van der Waals surface area contributed by atoms with Crippen molar-refractivity contribution in [3.63, 3.8) is 0 Å². The number of aromatic nitrogens is 6. The van der Waals surface area contributed by atoms with Crippen LogP contribution in [0.2, 0.25) is 0 Å². The quantitative estimate of drug-likeness (QED) is 0.819. The molecule has 1 N–H and O–H groups in total. The van der Waals surface area contributed by atoms with E-state index in [4.69, 9.17) is 5.11 Å². The zero-order valence-corrected chi connectivity index (χ0v) is 10.9. The topological polar surface area (TPSA) is 98.7 Å². The Balaban J connectivity index is 2.32. The van der Waals surface area contributed by atoms with E-state index in [1.807, 2.05) is 13.8 Å². The van der Waals surface area contributed by atoms with Crippen LogP contribution in [0.4, 0.5) is 0 Å². The summed E-state index contributed by atoms with van der Waals surface area (Å²) in [5.74, 6) is -0.312. The highest BCUT2D eigenvalue weighted by atomic mass is 16.4. The molecular formula is C11H16N6O2. The second-order valence-electron chi connectivity index (χ2n) is 4.09. The minimum atomic E-state index is -1.05. The van der Waals surface area contributed by atoms with E-state index in [1.54, 1.807) is 9.36 Å². The molecule has 0 aliphatic rings. The second-order valence-corrected chi connectivity index (χ2v) is 4.09. The molecule has 102 valence electrons. The van der Waals surface area contributed by atoms with E-state index in [1.165, 1.54) is 6.33 Å². The number of carbonyl (C=O) groups is 1. The molecule has 0 aromatic carbocycles. The van der Waals surface area contributed by atoms with Crippen LogP contribution in [-0.4, -0.2) is 40.8 Å². The molecule has 2 aromatic rings. The maximum absolute atomic E-state index is 11.1. The summed E-state index contributed by atoms with van der Waals surface area (Å²) in [5.41, 5.74) is 0.644. The zero-order valence-electron chi connectivity index (χ0n) is 10.9. The van der Waals surface area contributed by atoms with Crippen molar-refractivity contribution in [2.45, 2.75) is 39.8 Å². The molecule has 8 nitrogen and oxygen atoms in total. The highest BCUT2D eigenvalue weighted by Crippen LogP contribution is 2.10. The van der Waals surface area contributed by atoms with E-state index in [2.05, 4.69) is 20.4 Å². The number of carboxylic acids is 1. The molecule has 0 saturated carbocycles. The minimum Gasteiger partial charge on any atom is -0.476 e. The van der Waals surface area contributed by atoms with Crippen LogP contribution in [0, 0.1) is 0 Å². The first-order valence-corrected chi connectivity index (χ1v) is 6.19. The number of hydrogen-bond donors (Lipinski definition) is 1. The number of rotatable bonds is 6. The van der Waals surface area contributed by atoms with Crippen LogP contribution in [0.1, 0.15) is 42.3 Å². The van der Waals surface area contributed by atoms with Crippen LogP contribution in [-0.2, 0) is 19.5 Å². The Hall–Kier alpha value is -2.25. The molecule has 0 radical (unpaired) electrons. The molecule has 0 bridgehead atoms. The van der Waals surface area contributed by atoms with Crippen molar-refractivity contribution in [3.8, 4) is 0 Å². The van der Waals surface area contributed by atoms with Gasteiger partial charge in [-0.3, -0.25) is 0 Å². The van der Waals surface area contributed by atoms with Gasteiger partial charge in [-0.25, -0.2) is 19.1 Å². The Bertz CT molecular complexity index is 574. The summed E-state index contributed by atoms with van der Waals surface area (Å²) in [6.07, 6.45) is 2.93. The predicted octanol–water partition coefficient (Wildman–Crippen LogP) is 0.589. The Morgan fingerprint density at radius 1 is 1.37 bits per heavy atom. The average molecular weight is 264 g/mol. The van der Waals surface area contributed by atoms with Crippen molar-refractivity contribution >= 4 is 5.97 Å². The van der Waals surface area contributed by atoms with Crippen molar-refractivity contribution in [1.29, 1.82) is 0 Å². The minimum absolute atomic E-state index is 0.0180. The van der Waals surface area contributed by atoms with Gasteiger partial charge in [0, 0.05) is 6.54 Å². The number of hydrogen-bond acceptors (Lipinski definition) is 5. The van der Waals surface area contributed by atoms with Crippen molar-refractivity contribution in [2.75, 3.05) is 0 Å². The summed E-state index contributed by atoms with van der Waals surface area (Å²) < 4.78 is 3.33. The van der Waals surface area contributed by atoms with Gasteiger partial charge in [-0.15, -0.1) is 5.10 Å². The molecule has 0 atom stereocenters. The van der Waals surface area contributed by atoms with E-state index >= 15 is 0 Å². The third-order valence-electron chi connectivity index (χ3n) is 2.81. The fourth-order valence-electron chi connectivity index (χ4n) is 1.92. The van der Waals surface area contributed by atoms with Gasteiger partial charge >= 0.3 is 5.97 Å². The maximum Gasteiger partial charge on any atom is 0.358 e. The monoisotopic (exact) mass is 264 g/mol. The molecule has 0 amide bonds. The zero-order chi connectivity index (χ0) is 13.8. The van der Waals surface area contributed by atoms with Crippen molar-refractivity contribution in [3.05, 3.63) is 23.5 Å². The van der Waals surface area contributed by atoms with Crippen LogP contribution < -0.4 is 0 Å². The summed E-state index contributed by atoms with van der Waals surface area (Å²) >= 11 is 0. The van der Waals surface area contributed by atoms with Crippen molar-refractivity contribution in [1.82, 2.24) is 29.8 Å². The van der Waals surface area contributed by atoms with E-state index in [0.717, 1.165) is 12.2 Å². The molecule has 2 rings (SSSR count). The molecule has 2 heterocycles. The third kappa shape index (κ3) is 2.61. The van der Waals surface area contributed by atoms with Gasteiger partial charge < -0.3 is 5.11 Å². The summed E-state index contributed by atoms with van der Waals surface area (Å²) in [4.78, 5) is 15.2. The molecular weight excluding hydrogens is 248 g/mol. The van der Waals surface area contributed by atoms with Crippen LogP contribution in [0.3, 0.4) is 0 Å². The molecule has 0 aliphatic carbocycles. The molecule has 0 fully saturated rings. The van der Waals surface area contributed by atoms with Crippen LogP contribution >= 0.6 is 0 Å². The summed E-state index contributed by atoms with van der Waals surface area (Å²) in [7, 11) is 0. The van der Waals surface area contributed by atoms with E-state index in [-0.39, 0.29) is 5.69 Å². The number of aromatic carboxylic acids is 1. The lowest BCUT2D eigenvalue weighted by Gasteiger charge is -2.06. The Morgan fingerprint density at radius 3 is 2.79 bits per heavy atom. The van der Waals surface area contributed by atoms with Gasteiger partial charge in [0.05, 0.1) is 5.69 Å². The highest BCUT2D eigenvalue weighted by Gasteiger charge is 2.19. The summed E-state index contributed by atoms with van der Waals surface area (Å²) in [5, 5.41) is 20.8. The van der Waals surface area contributed by atoms with Crippen molar-refractivity contribution < 1.29 is 9.90 Å². The van der Waals surface area contributed by atoms with Crippen LogP contribution in [0.25, 0.3) is 0 Å². The van der Waals surface area contributed by atoms with Crippen LogP contribution in [0.15, 0.2) is 6.33 Å². The van der Waals surface area contributed by atoms with Gasteiger partial charge in [0.15, 0.2) is 5.69 Å². The average Bonchev–Trinajstić information content (AvgIpc) is 2.98. The first-order chi connectivity index (χ1) is 9.17. The van der Waals surface area contributed by atoms with Gasteiger partial charge in [-0.05, 0) is 13.3 Å². The Kier molecular flexibility index (Phi) is 3.88. The molecule has 0 unspecified atom stereocenters. The number of carboxylic acid groups (broad SMARTS) is 1. The van der Waals surface area contributed by atoms with Gasteiger partial charge in [0.2, 0.25) is 0 Å². The van der Waals surface area contributed by atoms with Crippen LogP contribution in [0.5, 0.6) is 0 Å². The lowest BCUT2D eigenvalue weighted by molar-refractivity contribution is 0.0689. The molecule has 8 heteroatoms. The van der Waals surface area contributed by atoms with Crippen molar-refractivity contribution in [2.24, 2.45) is 0 Å². The second kappa shape index (κ2) is 5.59. The fourth-order valence-corrected chi connectivity index (χ4v) is 1.92. The fraction of sp³-hybridized carbons (Fsp3) is 0.545. The lowest BCUT2D eigenvalue weighted by atomic mass is 10.2. The maximum atomic E-state index is 11.1. The van der Waals surface area contributed by atoms with Gasteiger partial charge in [0.1, 0.15) is 18.7 Å². The summed E-state index contributed by atoms with van der Waals surface area (Å²) in [6.45, 7) is 5.04. The standard InChI is InChI=1S/C11H16N6O2/c1-3-5-8-10(11(18)19)14-15-17(8)6-9-12-7-13-16(9)4-2/h7H,3-6H2,1-2H3,(H,18,19). The molecule has 0 spiro atoms. The number of aryl methyl sites for hydroxylation is 1. The predicted molar refractivity (Wildman–Crippen MR) is 65.8 cm³/mol. The Labute approximate surface area is 110 Å². The molecule has 0 aliphatic heterocycles. The van der Waals surface area contributed by atoms with Gasteiger partial charge in [0.25, 0.3) is 0 Å². The number of nitrogens with zero attached hydrogens (tertiary/aromatic N) is 6. The normalized spacial score (nSPS) is 10.8. The third-order valence-corrected chi connectivity index (χ3v) is 2.81. The summed E-state index contributed by atoms with van der Waals surface area (Å²) in [6, 6.07) is 0.